The number of hydrogen-bond acceptors (Lipinski definition) is 4. The Labute approximate surface area is 171 Å². The Balaban J connectivity index is 1.30. The molecule has 1 aliphatic rings. The smallest absolute Gasteiger partial charge is 0.223 e. The molecule has 8 heteroatoms. The Morgan fingerprint density at radius 2 is 1.77 bits per heavy atom. The first-order valence-electron chi connectivity index (χ1n) is 9.68. The van der Waals surface area contributed by atoms with Crippen molar-refractivity contribution in [1.82, 2.24) is 9.88 Å². The van der Waals surface area contributed by atoms with E-state index in [1.54, 1.807) is 23.1 Å². The van der Waals surface area contributed by atoms with Crippen molar-refractivity contribution in [2.45, 2.75) is 12.8 Å². The lowest BCUT2D eigenvalue weighted by atomic mass is 10.2. The summed E-state index contributed by atoms with van der Waals surface area (Å²) in [7, 11) is 0. The van der Waals surface area contributed by atoms with Crippen LogP contribution in [0.5, 0.6) is 0 Å². The molecule has 3 aromatic rings. The van der Waals surface area contributed by atoms with Crippen LogP contribution in [0.1, 0.15) is 12.3 Å². The van der Waals surface area contributed by atoms with Gasteiger partial charge in [-0.25, -0.2) is 18.2 Å². The quantitative estimate of drug-likeness (QED) is 0.631. The average molecular weight is 415 g/mol. The van der Waals surface area contributed by atoms with Crippen LogP contribution in [0.15, 0.2) is 53.1 Å². The van der Waals surface area contributed by atoms with Gasteiger partial charge in [-0.15, -0.1) is 0 Å². The molecule has 1 amide bonds. The number of nitrogens with zero attached hydrogens (tertiary/aromatic N) is 3. The van der Waals surface area contributed by atoms with E-state index >= 15 is 0 Å². The SMILES string of the molecule is O=C(CCc1ncc(-c2ccc(F)cc2F)o1)N1CCN(c2ccccc2F)CC1. The first-order valence-corrected chi connectivity index (χ1v) is 9.68. The maximum absolute atomic E-state index is 13.9. The number of benzene rings is 2. The summed E-state index contributed by atoms with van der Waals surface area (Å²) in [6.07, 6.45) is 1.84. The van der Waals surface area contributed by atoms with Crippen molar-refractivity contribution in [3.05, 3.63) is 72.0 Å². The van der Waals surface area contributed by atoms with Gasteiger partial charge in [-0.05, 0) is 24.3 Å². The van der Waals surface area contributed by atoms with Gasteiger partial charge < -0.3 is 14.2 Å². The van der Waals surface area contributed by atoms with Crippen LogP contribution in [0.2, 0.25) is 0 Å². The fourth-order valence-electron chi connectivity index (χ4n) is 3.52. The highest BCUT2D eigenvalue weighted by atomic mass is 19.1. The van der Waals surface area contributed by atoms with Gasteiger partial charge in [-0.2, -0.15) is 0 Å². The third-order valence-corrected chi connectivity index (χ3v) is 5.13. The van der Waals surface area contributed by atoms with Crippen LogP contribution >= 0.6 is 0 Å². The van der Waals surface area contributed by atoms with E-state index in [4.69, 9.17) is 4.42 Å². The molecule has 0 spiro atoms. The maximum Gasteiger partial charge on any atom is 0.223 e. The largest absolute Gasteiger partial charge is 0.441 e. The van der Waals surface area contributed by atoms with E-state index < -0.39 is 11.6 Å². The summed E-state index contributed by atoms with van der Waals surface area (Å²) in [5.74, 6) is -1.22. The Hall–Kier alpha value is -3.29. The molecule has 1 saturated heterocycles. The van der Waals surface area contributed by atoms with Crippen LogP contribution in [0.4, 0.5) is 18.9 Å². The fraction of sp³-hybridized carbons (Fsp3) is 0.273. The van der Waals surface area contributed by atoms with E-state index in [0.717, 1.165) is 12.1 Å². The fourth-order valence-corrected chi connectivity index (χ4v) is 3.52. The van der Waals surface area contributed by atoms with Gasteiger partial charge in [0.25, 0.3) is 0 Å². The Morgan fingerprint density at radius 3 is 2.50 bits per heavy atom. The number of halogens is 3. The van der Waals surface area contributed by atoms with Crippen molar-refractivity contribution in [2.24, 2.45) is 0 Å². The molecule has 0 unspecified atom stereocenters. The van der Waals surface area contributed by atoms with E-state index in [2.05, 4.69) is 4.98 Å². The van der Waals surface area contributed by atoms with E-state index in [0.29, 0.717) is 37.8 Å². The van der Waals surface area contributed by atoms with Crippen LogP contribution in [0, 0.1) is 17.5 Å². The van der Waals surface area contributed by atoms with E-state index in [1.807, 2.05) is 4.90 Å². The first-order chi connectivity index (χ1) is 14.5. The third-order valence-electron chi connectivity index (χ3n) is 5.13. The molecule has 1 aliphatic heterocycles. The van der Waals surface area contributed by atoms with Crippen LogP contribution in [0.3, 0.4) is 0 Å². The summed E-state index contributed by atoms with van der Waals surface area (Å²) in [4.78, 5) is 20.3. The number of anilines is 1. The van der Waals surface area contributed by atoms with Gasteiger partial charge in [0, 0.05) is 45.1 Å². The summed E-state index contributed by atoms with van der Waals surface area (Å²) in [6, 6.07) is 9.81. The Bertz CT molecular complexity index is 1050. The van der Waals surface area contributed by atoms with Gasteiger partial charge in [-0.1, -0.05) is 12.1 Å². The zero-order chi connectivity index (χ0) is 21.1. The predicted molar refractivity (Wildman–Crippen MR) is 105 cm³/mol. The summed E-state index contributed by atoms with van der Waals surface area (Å²) in [5.41, 5.74) is 0.663. The van der Waals surface area contributed by atoms with Gasteiger partial charge >= 0.3 is 0 Å². The number of amides is 1. The average Bonchev–Trinajstić information content (AvgIpc) is 3.21. The molecular weight excluding hydrogens is 395 g/mol. The molecule has 4 rings (SSSR count). The number of aromatic nitrogens is 1. The number of carbonyl (C=O) groups excluding carboxylic acids is 1. The minimum atomic E-state index is -0.735. The number of carbonyl (C=O) groups is 1. The van der Waals surface area contributed by atoms with Gasteiger partial charge in [-0.3, -0.25) is 4.79 Å². The van der Waals surface area contributed by atoms with Crippen LogP contribution < -0.4 is 4.90 Å². The highest BCUT2D eigenvalue weighted by Crippen LogP contribution is 2.25. The predicted octanol–water partition coefficient (Wildman–Crippen LogP) is 4.04. The molecule has 0 radical (unpaired) electrons. The summed E-state index contributed by atoms with van der Waals surface area (Å²) in [6.45, 7) is 2.12. The molecule has 2 aromatic carbocycles. The lowest BCUT2D eigenvalue weighted by Gasteiger charge is -2.36. The minimum Gasteiger partial charge on any atom is -0.441 e. The standard InChI is InChI=1S/C22H20F3N3O2/c23-15-5-6-16(18(25)13-15)20-14-26-21(30-20)7-8-22(29)28-11-9-27(10-12-28)19-4-2-1-3-17(19)24/h1-6,13-14H,7-12H2. The number of aryl methyl sites for hydroxylation is 1. The van der Waals surface area contributed by atoms with Crippen molar-refractivity contribution in [2.75, 3.05) is 31.1 Å². The number of rotatable bonds is 5. The molecule has 2 heterocycles. The molecule has 1 aromatic heterocycles. The third kappa shape index (κ3) is 4.32. The van der Waals surface area contributed by atoms with Crippen molar-refractivity contribution < 1.29 is 22.4 Å². The minimum absolute atomic E-state index is 0.0455. The maximum atomic E-state index is 13.9. The monoisotopic (exact) mass is 415 g/mol. The van der Waals surface area contributed by atoms with E-state index in [1.165, 1.54) is 18.3 Å². The van der Waals surface area contributed by atoms with Crippen LogP contribution in [-0.4, -0.2) is 42.0 Å². The van der Waals surface area contributed by atoms with Crippen LogP contribution in [0.25, 0.3) is 11.3 Å². The van der Waals surface area contributed by atoms with Gasteiger partial charge in [0.15, 0.2) is 11.7 Å². The number of hydrogen-bond donors (Lipinski definition) is 0. The summed E-state index contributed by atoms with van der Waals surface area (Å²) in [5, 5.41) is 0. The molecule has 5 nitrogen and oxygen atoms in total. The zero-order valence-electron chi connectivity index (χ0n) is 16.2. The molecule has 0 atom stereocenters. The summed E-state index contributed by atoms with van der Waals surface area (Å²) >= 11 is 0. The normalized spacial score (nSPS) is 14.2. The van der Waals surface area contributed by atoms with Crippen molar-refractivity contribution in [1.29, 1.82) is 0 Å². The molecule has 0 bridgehead atoms. The number of para-hydroxylation sites is 1. The van der Waals surface area contributed by atoms with Gasteiger partial charge in [0.2, 0.25) is 5.91 Å². The van der Waals surface area contributed by atoms with Gasteiger partial charge in [0.05, 0.1) is 17.4 Å². The second-order valence-electron chi connectivity index (χ2n) is 7.06. The topological polar surface area (TPSA) is 49.6 Å². The molecule has 30 heavy (non-hydrogen) atoms. The molecule has 0 N–H and O–H groups in total. The molecule has 0 saturated carbocycles. The first kappa shape index (κ1) is 20.0. The highest BCUT2D eigenvalue weighted by Gasteiger charge is 2.23. The molecule has 0 aliphatic carbocycles. The lowest BCUT2D eigenvalue weighted by molar-refractivity contribution is -0.131. The van der Waals surface area contributed by atoms with E-state index in [9.17, 15) is 18.0 Å². The van der Waals surface area contributed by atoms with Gasteiger partial charge in [0.1, 0.15) is 17.5 Å². The Kier molecular flexibility index (Phi) is 5.74. The Morgan fingerprint density at radius 1 is 1.00 bits per heavy atom. The second kappa shape index (κ2) is 8.61. The number of piperazine rings is 1. The van der Waals surface area contributed by atoms with Crippen molar-refractivity contribution >= 4 is 11.6 Å². The van der Waals surface area contributed by atoms with E-state index in [-0.39, 0.29) is 35.9 Å². The summed E-state index contributed by atoms with van der Waals surface area (Å²) < 4.78 is 46.4. The number of oxazole rings is 1. The van der Waals surface area contributed by atoms with Crippen molar-refractivity contribution in [3.63, 3.8) is 0 Å². The highest BCUT2D eigenvalue weighted by molar-refractivity contribution is 5.76. The lowest BCUT2D eigenvalue weighted by Crippen LogP contribution is -2.49. The zero-order valence-corrected chi connectivity index (χ0v) is 16.2. The van der Waals surface area contributed by atoms with Crippen LogP contribution in [-0.2, 0) is 11.2 Å². The molecule has 1 fully saturated rings. The van der Waals surface area contributed by atoms with Crippen molar-refractivity contribution in [3.8, 4) is 11.3 Å². The molecular formula is C22H20F3N3O2. The molecule has 156 valence electrons. The second-order valence-corrected chi connectivity index (χ2v) is 7.06.